The third kappa shape index (κ3) is 8.17. The Labute approximate surface area is 320 Å². The predicted octanol–water partition coefficient (Wildman–Crippen LogP) is 5.76. The van der Waals surface area contributed by atoms with E-state index >= 15 is 0 Å². The highest BCUT2D eigenvalue weighted by molar-refractivity contribution is 7.93. The Morgan fingerprint density at radius 3 is 1.21 bits per heavy atom. The summed E-state index contributed by atoms with van der Waals surface area (Å²) >= 11 is 0. The molecule has 2 amide bonds. The van der Waals surface area contributed by atoms with Crippen LogP contribution in [0.1, 0.15) is 11.1 Å². The summed E-state index contributed by atoms with van der Waals surface area (Å²) in [7, 11) is -18.2. The van der Waals surface area contributed by atoms with Gasteiger partial charge in [0.1, 0.15) is 11.5 Å². The molecule has 0 fully saturated rings. The van der Waals surface area contributed by atoms with Crippen LogP contribution in [-0.4, -0.2) is 59.0 Å². The van der Waals surface area contributed by atoms with Gasteiger partial charge in [0, 0.05) is 32.9 Å². The SMILES string of the molecule is Cc1ccc(NC(=O)Nc2ccc(C)c(S(=O)(=O)Nc3ccc(O)c4ccc(S(=O)(=O)O)cc34)c2)cc1S(=O)(=O)Nc1ccc(O)c2ccc(S(=O)(=O)O)cc12. The predicted molar refractivity (Wildman–Crippen MR) is 207 cm³/mol. The van der Waals surface area contributed by atoms with Crippen molar-refractivity contribution in [3.8, 4) is 11.5 Å². The molecule has 292 valence electrons. The molecular formula is C35H30N4O13S4. The molecule has 0 aliphatic heterocycles. The van der Waals surface area contributed by atoms with Crippen LogP contribution in [0.3, 0.4) is 0 Å². The standard InChI is InChI=1S/C35H30N4O13S4/c1-19-3-5-21(15-33(19)53(43,44)38-29-11-13-31(40)25-9-7-23(17-27(25)29)55(47,48)49)36-35(42)37-22-6-4-20(2)34(16-22)54(45,46)39-30-12-14-32(41)26-10-8-24(18-28(26)30)56(50,51)52/h3-18,38-41H,1-2H3,(H2,36,37,42)(H,47,48,49)(H,50,51,52). The number of rotatable bonds is 10. The quantitative estimate of drug-likeness (QED) is 0.0602. The van der Waals surface area contributed by atoms with Gasteiger partial charge in [-0.25, -0.2) is 21.6 Å². The van der Waals surface area contributed by atoms with E-state index < -0.39 is 56.1 Å². The van der Waals surface area contributed by atoms with Crippen LogP contribution >= 0.6 is 0 Å². The topological polar surface area (TPSA) is 283 Å². The first-order valence-corrected chi connectivity index (χ1v) is 21.7. The number of hydrogen-bond donors (Lipinski definition) is 8. The van der Waals surface area contributed by atoms with Crippen LogP contribution in [0.4, 0.5) is 27.5 Å². The molecule has 0 unspecified atom stereocenters. The minimum absolute atomic E-state index is 0.00259. The third-order valence-electron chi connectivity index (χ3n) is 8.49. The van der Waals surface area contributed by atoms with Crippen molar-refractivity contribution in [2.24, 2.45) is 0 Å². The summed E-state index contributed by atoms with van der Waals surface area (Å²) in [4.78, 5) is 11.4. The zero-order chi connectivity index (χ0) is 41.0. The minimum Gasteiger partial charge on any atom is -0.507 e. The fraction of sp³-hybridized carbons (Fsp3) is 0.0571. The summed E-state index contributed by atoms with van der Waals surface area (Å²) in [5, 5.41) is 25.6. The van der Waals surface area contributed by atoms with Crippen LogP contribution in [0.15, 0.2) is 117 Å². The molecule has 6 aromatic rings. The molecule has 0 heterocycles. The number of urea groups is 1. The van der Waals surface area contributed by atoms with E-state index in [-0.39, 0.29) is 76.7 Å². The van der Waals surface area contributed by atoms with Gasteiger partial charge in [-0.3, -0.25) is 18.5 Å². The third-order valence-corrected chi connectivity index (χ3v) is 13.2. The number of anilines is 4. The number of aromatic hydroxyl groups is 2. The summed E-state index contributed by atoms with van der Waals surface area (Å²) in [5.41, 5.74) is 0.258. The highest BCUT2D eigenvalue weighted by Crippen LogP contribution is 2.36. The number of phenols is 2. The number of nitrogens with one attached hydrogen (secondary N) is 4. The molecule has 0 bridgehead atoms. The Balaban J connectivity index is 1.23. The first-order chi connectivity index (χ1) is 26.0. The van der Waals surface area contributed by atoms with Crippen molar-refractivity contribution in [3.63, 3.8) is 0 Å². The Bertz CT molecular complexity index is 2880. The molecule has 0 radical (unpaired) electrons. The van der Waals surface area contributed by atoms with E-state index in [0.29, 0.717) is 0 Å². The zero-order valence-corrected chi connectivity index (χ0v) is 32.1. The van der Waals surface area contributed by atoms with E-state index in [9.17, 15) is 57.8 Å². The maximum atomic E-state index is 13.6. The van der Waals surface area contributed by atoms with Gasteiger partial charge in [-0.1, -0.05) is 12.1 Å². The van der Waals surface area contributed by atoms with Crippen LogP contribution in [-0.2, 0) is 40.3 Å². The van der Waals surface area contributed by atoms with Gasteiger partial charge >= 0.3 is 6.03 Å². The van der Waals surface area contributed by atoms with Crippen molar-refractivity contribution in [2.45, 2.75) is 33.4 Å². The maximum Gasteiger partial charge on any atom is 0.323 e. The van der Waals surface area contributed by atoms with Gasteiger partial charge in [0.2, 0.25) is 0 Å². The monoisotopic (exact) mass is 842 g/mol. The number of aryl methyl sites for hydroxylation is 2. The number of carbonyl (C=O) groups is 1. The van der Waals surface area contributed by atoms with E-state index in [1.54, 1.807) is 0 Å². The number of sulfonamides is 2. The van der Waals surface area contributed by atoms with Gasteiger partial charge in [0.15, 0.2) is 0 Å². The molecule has 8 N–H and O–H groups in total. The second-order valence-corrected chi connectivity index (χ2v) is 18.5. The Kier molecular flexibility index (Phi) is 10.1. The Morgan fingerprint density at radius 1 is 0.482 bits per heavy atom. The molecule has 56 heavy (non-hydrogen) atoms. The molecule has 0 saturated heterocycles. The van der Waals surface area contributed by atoms with Gasteiger partial charge in [-0.05, 0) is 110 Å². The van der Waals surface area contributed by atoms with Crippen LogP contribution in [0.2, 0.25) is 0 Å². The number of phenolic OH excluding ortho intramolecular Hbond substituents is 2. The molecular weight excluding hydrogens is 813 g/mol. The number of benzene rings is 6. The van der Waals surface area contributed by atoms with E-state index in [4.69, 9.17) is 0 Å². The average molecular weight is 843 g/mol. The lowest BCUT2D eigenvalue weighted by Gasteiger charge is -2.16. The smallest absolute Gasteiger partial charge is 0.323 e. The summed E-state index contributed by atoms with van der Waals surface area (Å²) < 4.78 is 125. The van der Waals surface area contributed by atoms with Gasteiger partial charge in [-0.2, -0.15) is 16.8 Å². The Hall–Kier alpha value is -5.97. The van der Waals surface area contributed by atoms with E-state index in [2.05, 4.69) is 20.1 Å². The van der Waals surface area contributed by atoms with Crippen molar-refractivity contribution >= 4 is 90.6 Å². The molecule has 0 aromatic heterocycles. The summed E-state index contributed by atoms with van der Waals surface area (Å²) in [6.45, 7) is 2.97. The lowest BCUT2D eigenvalue weighted by molar-refractivity contribution is 0.262. The molecule has 0 saturated carbocycles. The van der Waals surface area contributed by atoms with Crippen LogP contribution in [0.5, 0.6) is 11.5 Å². The molecule has 0 aliphatic rings. The lowest BCUT2D eigenvalue weighted by Crippen LogP contribution is -2.21. The molecule has 21 heteroatoms. The lowest BCUT2D eigenvalue weighted by atomic mass is 10.1. The van der Waals surface area contributed by atoms with Crippen molar-refractivity contribution in [1.29, 1.82) is 0 Å². The van der Waals surface area contributed by atoms with Crippen LogP contribution in [0, 0.1) is 13.8 Å². The van der Waals surface area contributed by atoms with Crippen LogP contribution < -0.4 is 20.1 Å². The number of hydrogen-bond acceptors (Lipinski definition) is 11. The van der Waals surface area contributed by atoms with Crippen LogP contribution in [0.25, 0.3) is 21.5 Å². The Morgan fingerprint density at radius 2 is 0.857 bits per heavy atom. The minimum atomic E-state index is -4.67. The van der Waals surface area contributed by atoms with Gasteiger partial charge in [-0.15, -0.1) is 0 Å². The normalized spacial score (nSPS) is 12.4. The van der Waals surface area contributed by atoms with Gasteiger partial charge < -0.3 is 20.8 Å². The van der Waals surface area contributed by atoms with E-state index in [0.717, 1.165) is 36.4 Å². The summed E-state index contributed by atoms with van der Waals surface area (Å²) in [5.74, 6) is -0.564. The average Bonchev–Trinajstić information content (AvgIpc) is 3.11. The number of fused-ring (bicyclic) bond motifs is 2. The first kappa shape index (κ1) is 39.7. The molecule has 0 spiro atoms. The number of amides is 2. The largest absolute Gasteiger partial charge is 0.507 e. The van der Waals surface area contributed by atoms with E-state index in [1.807, 2.05) is 0 Å². The molecule has 17 nitrogen and oxygen atoms in total. The maximum absolute atomic E-state index is 13.6. The second-order valence-electron chi connectivity index (χ2n) is 12.4. The molecule has 6 aromatic carbocycles. The van der Waals surface area contributed by atoms with Crippen molar-refractivity contribution in [1.82, 2.24) is 0 Å². The number of carbonyl (C=O) groups excluding carboxylic acids is 1. The fourth-order valence-corrected chi connectivity index (χ4v) is 9.47. The van der Waals surface area contributed by atoms with Crippen molar-refractivity contribution in [3.05, 3.63) is 108 Å². The summed E-state index contributed by atoms with van der Waals surface area (Å²) in [6.07, 6.45) is 0. The highest BCUT2D eigenvalue weighted by Gasteiger charge is 2.23. The summed E-state index contributed by atoms with van der Waals surface area (Å²) in [6, 6.07) is 18.3. The highest BCUT2D eigenvalue weighted by atomic mass is 32.2. The molecule has 0 atom stereocenters. The van der Waals surface area contributed by atoms with Crippen molar-refractivity contribution < 1.29 is 57.8 Å². The van der Waals surface area contributed by atoms with Crippen molar-refractivity contribution in [2.75, 3.05) is 20.1 Å². The molecule has 6 rings (SSSR count). The second kappa shape index (κ2) is 14.3. The molecule has 0 aliphatic carbocycles. The van der Waals surface area contributed by atoms with Gasteiger partial charge in [0.05, 0.1) is 31.0 Å². The first-order valence-electron chi connectivity index (χ1n) is 15.8. The van der Waals surface area contributed by atoms with E-state index in [1.165, 1.54) is 74.5 Å². The fourth-order valence-electron chi connectivity index (χ4n) is 5.75. The van der Waals surface area contributed by atoms with Gasteiger partial charge in [0.25, 0.3) is 40.3 Å². The zero-order valence-electron chi connectivity index (χ0n) is 28.8.